The van der Waals surface area contributed by atoms with E-state index in [-0.39, 0.29) is 36.1 Å². The molecule has 2 atom stereocenters. The van der Waals surface area contributed by atoms with Crippen molar-refractivity contribution in [3.63, 3.8) is 0 Å². The Morgan fingerprint density at radius 1 is 1.21 bits per heavy atom. The number of fused-ring (bicyclic) bond motifs is 2. The second kappa shape index (κ2) is 8.80. The van der Waals surface area contributed by atoms with Gasteiger partial charge in [0.05, 0.1) is 23.1 Å². The van der Waals surface area contributed by atoms with Crippen molar-refractivity contribution in [1.29, 1.82) is 0 Å². The summed E-state index contributed by atoms with van der Waals surface area (Å²) < 4.78 is 80.2. The summed E-state index contributed by atoms with van der Waals surface area (Å²) >= 11 is 0. The molecule has 1 saturated heterocycles. The number of hydrogen-bond donors (Lipinski definition) is 2. The molecule has 2 unspecified atom stereocenters. The molecule has 0 aromatic carbocycles. The summed E-state index contributed by atoms with van der Waals surface area (Å²) in [5.74, 6) is -0.130. The normalized spacial score (nSPS) is 20.7. The molecule has 0 spiro atoms. The highest BCUT2D eigenvalue weighted by atomic mass is 19.4. The summed E-state index contributed by atoms with van der Waals surface area (Å²) in [6.07, 6.45) is -2.98. The number of likely N-dealkylation sites (tertiary alicyclic amines) is 1. The van der Waals surface area contributed by atoms with E-state index in [2.05, 4.69) is 20.4 Å². The van der Waals surface area contributed by atoms with E-state index < -0.39 is 36.5 Å². The maximum atomic E-state index is 13.7. The minimum atomic E-state index is -4.72. The van der Waals surface area contributed by atoms with Crippen molar-refractivity contribution >= 4 is 23.2 Å². The standard InChI is InChI=1S/C20H21F6N7O/c1-32-9-13(6-29-32)30-17-27-7-15(20(24,25)26)16(31-17)12-3-2-11-4-14(5-12)33(8-11)18(34)28-10-19(21,22)23/h3,6-7,9,11,14H,2,4-5,8,10H2,1H3,(H,28,34)(H,27,30,31). The largest absolute Gasteiger partial charge is 0.419 e. The van der Waals surface area contributed by atoms with Crippen LogP contribution in [-0.4, -0.2) is 56.0 Å². The Bertz CT molecular complexity index is 1090. The number of anilines is 2. The van der Waals surface area contributed by atoms with Crippen molar-refractivity contribution < 1.29 is 31.1 Å². The maximum Gasteiger partial charge on any atom is 0.419 e. The fraction of sp³-hybridized carbons (Fsp3) is 0.500. The van der Waals surface area contributed by atoms with Crippen LogP contribution < -0.4 is 10.6 Å². The highest BCUT2D eigenvalue weighted by Gasteiger charge is 2.41. The number of nitrogens with one attached hydrogen (secondary N) is 2. The number of allylic oxidation sites excluding steroid dienone is 1. The van der Waals surface area contributed by atoms with Crippen molar-refractivity contribution in [2.24, 2.45) is 13.0 Å². The molecule has 14 heteroatoms. The predicted octanol–water partition coefficient (Wildman–Crippen LogP) is 4.11. The van der Waals surface area contributed by atoms with Crippen molar-refractivity contribution in [2.75, 3.05) is 18.4 Å². The topological polar surface area (TPSA) is 88.0 Å². The van der Waals surface area contributed by atoms with Gasteiger partial charge >= 0.3 is 18.4 Å². The van der Waals surface area contributed by atoms with Gasteiger partial charge in [0.25, 0.3) is 0 Å². The van der Waals surface area contributed by atoms with Gasteiger partial charge in [-0.15, -0.1) is 0 Å². The van der Waals surface area contributed by atoms with E-state index in [1.54, 1.807) is 19.3 Å². The molecule has 0 saturated carbocycles. The van der Waals surface area contributed by atoms with Gasteiger partial charge in [-0.3, -0.25) is 4.68 Å². The van der Waals surface area contributed by atoms with Gasteiger partial charge in [-0.1, -0.05) is 6.08 Å². The minimum Gasteiger partial charge on any atom is -0.329 e. The van der Waals surface area contributed by atoms with Crippen molar-refractivity contribution in [3.05, 3.63) is 35.9 Å². The lowest BCUT2D eigenvalue weighted by Gasteiger charge is -2.27. The number of amides is 2. The third-order valence-corrected chi connectivity index (χ3v) is 5.71. The zero-order valence-electron chi connectivity index (χ0n) is 17.9. The zero-order valence-corrected chi connectivity index (χ0v) is 17.9. The molecular formula is C20H21F6N7O. The second-order valence-electron chi connectivity index (χ2n) is 8.33. The van der Waals surface area contributed by atoms with Crippen LogP contribution in [0.5, 0.6) is 0 Å². The third-order valence-electron chi connectivity index (χ3n) is 5.71. The van der Waals surface area contributed by atoms with Gasteiger partial charge < -0.3 is 15.5 Å². The smallest absolute Gasteiger partial charge is 0.329 e. The van der Waals surface area contributed by atoms with Gasteiger partial charge in [0.2, 0.25) is 5.95 Å². The van der Waals surface area contributed by atoms with Crippen LogP contribution in [0.3, 0.4) is 0 Å². The van der Waals surface area contributed by atoms with Crippen LogP contribution in [0.25, 0.3) is 5.57 Å². The van der Waals surface area contributed by atoms with Gasteiger partial charge in [-0.25, -0.2) is 14.8 Å². The van der Waals surface area contributed by atoms with Gasteiger partial charge in [0.15, 0.2) is 0 Å². The fourth-order valence-electron chi connectivity index (χ4n) is 4.25. The Morgan fingerprint density at radius 2 is 1.97 bits per heavy atom. The average molecular weight is 489 g/mol. The molecule has 2 amide bonds. The Morgan fingerprint density at radius 3 is 2.62 bits per heavy atom. The molecule has 34 heavy (non-hydrogen) atoms. The zero-order chi connectivity index (χ0) is 24.7. The van der Waals surface area contributed by atoms with Crippen molar-refractivity contribution in [1.82, 2.24) is 30.0 Å². The summed E-state index contributed by atoms with van der Waals surface area (Å²) in [6, 6.07) is -1.43. The SMILES string of the molecule is Cn1cc(Nc2ncc(C(F)(F)F)c(C3=CCC4CC(C3)N(C(=O)NCC(F)(F)F)C4)n2)cn1. The average Bonchev–Trinajstić information content (AvgIpc) is 3.25. The van der Waals surface area contributed by atoms with Crippen LogP contribution in [0.4, 0.5) is 42.8 Å². The monoisotopic (exact) mass is 489 g/mol. The van der Waals surface area contributed by atoms with E-state index in [0.717, 1.165) is 0 Å². The number of hydrogen-bond acceptors (Lipinski definition) is 5. The molecule has 2 aromatic rings. The molecule has 2 aromatic heterocycles. The summed E-state index contributed by atoms with van der Waals surface area (Å²) in [7, 11) is 1.67. The molecule has 1 aliphatic heterocycles. The molecule has 2 N–H and O–H groups in total. The summed E-state index contributed by atoms with van der Waals surface area (Å²) in [5.41, 5.74) is -0.599. The Balaban J connectivity index is 1.60. The number of urea groups is 1. The van der Waals surface area contributed by atoms with E-state index >= 15 is 0 Å². The van der Waals surface area contributed by atoms with E-state index in [1.807, 2.05) is 5.32 Å². The maximum absolute atomic E-state index is 13.7. The van der Waals surface area contributed by atoms with E-state index in [9.17, 15) is 31.1 Å². The first kappa shape index (κ1) is 23.8. The molecule has 2 aliphatic rings. The van der Waals surface area contributed by atoms with Gasteiger partial charge in [-0.2, -0.15) is 31.4 Å². The Hall–Kier alpha value is -3.32. The number of alkyl halides is 6. The fourth-order valence-corrected chi connectivity index (χ4v) is 4.25. The second-order valence-corrected chi connectivity index (χ2v) is 8.33. The van der Waals surface area contributed by atoms with Crippen molar-refractivity contribution in [3.8, 4) is 0 Å². The van der Waals surface area contributed by atoms with Crippen LogP contribution in [0.15, 0.2) is 24.7 Å². The highest BCUT2D eigenvalue weighted by molar-refractivity contribution is 5.76. The lowest BCUT2D eigenvalue weighted by Crippen LogP contribution is -2.46. The molecular weight excluding hydrogens is 468 g/mol. The van der Waals surface area contributed by atoms with Crippen LogP contribution in [0.1, 0.15) is 30.5 Å². The lowest BCUT2D eigenvalue weighted by molar-refractivity contribution is -0.138. The number of carbonyl (C=O) groups excluding carboxylic acids is 1. The molecule has 0 radical (unpaired) electrons. The first-order valence-corrected chi connectivity index (χ1v) is 10.4. The highest BCUT2D eigenvalue weighted by Crippen LogP contribution is 2.41. The molecule has 8 nitrogen and oxygen atoms in total. The van der Waals surface area contributed by atoms with Crippen LogP contribution in [0.2, 0.25) is 0 Å². The Kier molecular flexibility index (Phi) is 6.16. The van der Waals surface area contributed by atoms with Gasteiger partial charge in [0, 0.05) is 32.0 Å². The van der Waals surface area contributed by atoms with Gasteiger partial charge in [0.1, 0.15) is 6.54 Å². The van der Waals surface area contributed by atoms with E-state index in [4.69, 9.17) is 0 Å². The van der Waals surface area contributed by atoms with Crippen LogP contribution >= 0.6 is 0 Å². The van der Waals surface area contributed by atoms with Gasteiger partial charge in [-0.05, 0) is 30.8 Å². The number of aromatic nitrogens is 4. The third kappa shape index (κ3) is 5.42. The van der Waals surface area contributed by atoms with E-state index in [1.165, 1.54) is 15.8 Å². The number of rotatable bonds is 4. The predicted molar refractivity (Wildman–Crippen MR) is 109 cm³/mol. The summed E-state index contributed by atoms with van der Waals surface area (Å²) in [4.78, 5) is 21.5. The lowest BCUT2D eigenvalue weighted by atomic mass is 9.99. The minimum absolute atomic E-state index is 0.0301. The first-order valence-electron chi connectivity index (χ1n) is 10.4. The van der Waals surface area contributed by atoms with Crippen LogP contribution in [-0.2, 0) is 13.2 Å². The Labute approximate surface area is 190 Å². The number of nitrogens with zero attached hydrogens (tertiary/aromatic N) is 5. The van der Waals surface area contributed by atoms with E-state index in [0.29, 0.717) is 24.7 Å². The summed E-state index contributed by atoms with van der Waals surface area (Å²) in [6.45, 7) is -1.24. The molecule has 184 valence electrons. The number of aryl methyl sites for hydroxylation is 1. The molecule has 4 rings (SSSR count). The number of carbonyl (C=O) groups is 1. The molecule has 3 heterocycles. The van der Waals surface area contributed by atoms with Crippen LogP contribution in [0, 0.1) is 5.92 Å². The molecule has 2 bridgehead atoms. The number of halogens is 6. The quantitative estimate of drug-likeness (QED) is 0.632. The first-order chi connectivity index (χ1) is 15.9. The molecule has 1 aliphatic carbocycles. The van der Waals surface area contributed by atoms with Crippen molar-refractivity contribution in [2.45, 2.75) is 37.7 Å². The molecule has 1 fully saturated rings. The summed E-state index contributed by atoms with van der Waals surface area (Å²) in [5, 5.41) is 8.62.